The average molecular weight is 305 g/mol. The van der Waals surface area contributed by atoms with Crippen molar-refractivity contribution >= 4 is 32.8 Å². The van der Waals surface area contributed by atoms with Crippen LogP contribution in [0.5, 0.6) is 11.5 Å². The third-order valence-electron chi connectivity index (χ3n) is 1.50. The van der Waals surface area contributed by atoms with Crippen molar-refractivity contribution in [2.75, 3.05) is 6.61 Å². The average Bonchev–Trinajstić information content (AvgIpc) is 2.09. The van der Waals surface area contributed by atoms with Crippen LogP contribution in [0.15, 0.2) is 18.2 Å². The molecule has 0 fully saturated rings. The molecule has 1 rings (SSSR count). The van der Waals surface area contributed by atoms with E-state index in [0.29, 0.717) is 12.4 Å². The molecule has 0 aliphatic carbocycles. The van der Waals surface area contributed by atoms with Gasteiger partial charge in [-0.2, -0.15) is 0 Å². The van der Waals surface area contributed by atoms with Crippen molar-refractivity contribution < 1.29 is 9.84 Å². The Balaban J connectivity index is 2.56. The molecule has 4 heteroatoms. The fourth-order valence-corrected chi connectivity index (χ4v) is 1.49. The number of phenols is 1. The number of phenolic OH excluding ortho intramolecular Hbond substituents is 1. The lowest BCUT2D eigenvalue weighted by molar-refractivity contribution is 0.299. The number of ether oxygens (including phenoxy) is 1. The Morgan fingerprint density at radius 3 is 2.85 bits per heavy atom. The highest BCUT2D eigenvalue weighted by molar-refractivity contribution is 14.1. The van der Waals surface area contributed by atoms with Gasteiger partial charge in [-0.3, -0.25) is 0 Å². The third-order valence-corrected chi connectivity index (χ3v) is 2.52. The number of halogens is 1. The fraction of sp³-hybridized carbons (Fsp3) is 0.333. The van der Waals surface area contributed by atoms with Gasteiger partial charge in [0.1, 0.15) is 0 Å². The number of hydrogen-bond acceptors (Lipinski definition) is 2. The lowest BCUT2D eigenvalue weighted by Gasteiger charge is -2.06. The van der Waals surface area contributed by atoms with E-state index in [2.05, 4.69) is 32.8 Å². The molecule has 13 heavy (non-hydrogen) atoms. The van der Waals surface area contributed by atoms with E-state index in [0.717, 1.165) is 16.0 Å². The zero-order chi connectivity index (χ0) is 9.68. The van der Waals surface area contributed by atoms with E-state index in [1.165, 1.54) is 0 Å². The standard InChI is InChI=1S/C9H10IO2Si/c10-7-2-3-9(8(11)6-7)12-4-1-5-13/h2-3,6,11H,1,4-5H2. The van der Waals surface area contributed by atoms with Gasteiger partial charge in [-0.05, 0) is 47.2 Å². The second-order valence-corrected chi connectivity index (χ2v) is 4.31. The first-order valence-corrected chi connectivity index (χ1v) is 5.78. The van der Waals surface area contributed by atoms with E-state index in [-0.39, 0.29) is 5.75 Å². The van der Waals surface area contributed by atoms with Crippen molar-refractivity contribution in [3.63, 3.8) is 0 Å². The highest BCUT2D eigenvalue weighted by atomic mass is 127. The zero-order valence-corrected chi connectivity index (χ0v) is 10.2. The summed E-state index contributed by atoms with van der Waals surface area (Å²) in [5, 5.41) is 9.45. The van der Waals surface area contributed by atoms with Crippen LogP contribution in [0.1, 0.15) is 6.42 Å². The molecule has 1 N–H and O–H groups in total. The van der Waals surface area contributed by atoms with Crippen LogP contribution >= 0.6 is 22.6 Å². The van der Waals surface area contributed by atoms with Gasteiger partial charge in [0.05, 0.1) is 6.61 Å². The minimum atomic E-state index is 0.209. The van der Waals surface area contributed by atoms with Crippen LogP contribution < -0.4 is 4.74 Å². The van der Waals surface area contributed by atoms with Gasteiger partial charge in [-0.1, -0.05) is 6.04 Å². The monoisotopic (exact) mass is 305 g/mol. The maximum absolute atomic E-state index is 9.45. The number of aromatic hydroxyl groups is 1. The molecule has 0 atom stereocenters. The Morgan fingerprint density at radius 2 is 2.23 bits per heavy atom. The summed E-state index contributed by atoms with van der Waals surface area (Å²) in [6.07, 6.45) is 0.933. The predicted molar refractivity (Wildman–Crippen MR) is 61.5 cm³/mol. The third kappa shape index (κ3) is 3.56. The highest BCUT2D eigenvalue weighted by Crippen LogP contribution is 2.27. The second kappa shape index (κ2) is 5.49. The Labute approximate surface area is 94.9 Å². The molecule has 0 aliphatic rings. The molecule has 0 saturated carbocycles. The maximum atomic E-state index is 9.45. The van der Waals surface area contributed by atoms with Gasteiger partial charge in [-0.25, -0.2) is 0 Å². The quantitative estimate of drug-likeness (QED) is 0.526. The van der Waals surface area contributed by atoms with Crippen LogP contribution in [0.25, 0.3) is 0 Å². The lowest BCUT2D eigenvalue weighted by Crippen LogP contribution is -1.96. The number of rotatable bonds is 4. The first-order chi connectivity index (χ1) is 6.24. The molecule has 0 aromatic heterocycles. The highest BCUT2D eigenvalue weighted by Gasteiger charge is 2.01. The first-order valence-electron chi connectivity index (χ1n) is 4.00. The Morgan fingerprint density at radius 1 is 1.46 bits per heavy atom. The molecule has 2 nitrogen and oxygen atoms in total. The number of benzene rings is 1. The van der Waals surface area contributed by atoms with Gasteiger partial charge in [0.15, 0.2) is 11.5 Å². The van der Waals surface area contributed by atoms with Gasteiger partial charge < -0.3 is 9.84 Å². The molecular weight excluding hydrogens is 295 g/mol. The summed E-state index contributed by atoms with van der Waals surface area (Å²) in [4.78, 5) is 0. The molecule has 0 saturated heterocycles. The molecule has 0 bridgehead atoms. The molecular formula is C9H10IO2Si. The van der Waals surface area contributed by atoms with E-state index in [4.69, 9.17) is 4.74 Å². The van der Waals surface area contributed by atoms with Gasteiger partial charge in [0.2, 0.25) is 0 Å². The van der Waals surface area contributed by atoms with Crippen LogP contribution in [0.2, 0.25) is 6.04 Å². The van der Waals surface area contributed by atoms with Gasteiger partial charge in [0, 0.05) is 13.8 Å². The minimum Gasteiger partial charge on any atom is -0.504 e. The predicted octanol–water partition coefficient (Wildman–Crippen LogP) is 2.35. The molecule has 1 aromatic carbocycles. The summed E-state index contributed by atoms with van der Waals surface area (Å²) in [7, 11) is 3.35. The SMILES string of the molecule is Oc1cc(I)ccc1OCCC[Si]. The van der Waals surface area contributed by atoms with Crippen molar-refractivity contribution in [1.29, 1.82) is 0 Å². The van der Waals surface area contributed by atoms with Crippen LogP contribution in [0, 0.1) is 3.57 Å². The van der Waals surface area contributed by atoms with E-state index in [1.54, 1.807) is 12.1 Å². The molecule has 0 heterocycles. The molecule has 0 spiro atoms. The second-order valence-electron chi connectivity index (χ2n) is 2.56. The number of hydrogen-bond donors (Lipinski definition) is 1. The van der Waals surface area contributed by atoms with Crippen LogP contribution in [0.3, 0.4) is 0 Å². The molecule has 0 aliphatic heterocycles. The molecule has 69 valence electrons. The van der Waals surface area contributed by atoms with E-state index in [1.807, 2.05) is 6.07 Å². The smallest absolute Gasteiger partial charge is 0.160 e. The van der Waals surface area contributed by atoms with E-state index in [9.17, 15) is 5.11 Å². The molecule has 3 radical (unpaired) electrons. The zero-order valence-electron chi connectivity index (χ0n) is 7.09. The Hall–Kier alpha value is -0.233. The molecule has 1 aromatic rings. The van der Waals surface area contributed by atoms with Crippen molar-refractivity contribution in [3.05, 3.63) is 21.8 Å². The summed E-state index contributed by atoms with van der Waals surface area (Å²) in [6, 6.07) is 6.28. The van der Waals surface area contributed by atoms with E-state index >= 15 is 0 Å². The summed E-state index contributed by atoms with van der Waals surface area (Å²) in [5.41, 5.74) is 0. The van der Waals surface area contributed by atoms with Crippen molar-refractivity contribution in [1.82, 2.24) is 0 Å². The maximum Gasteiger partial charge on any atom is 0.160 e. The lowest BCUT2D eigenvalue weighted by atomic mass is 10.3. The summed E-state index contributed by atoms with van der Waals surface area (Å²) >= 11 is 2.14. The fourth-order valence-electron chi connectivity index (χ4n) is 0.867. The van der Waals surface area contributed by atoms with Crippen LogP contribution in [-0.4, -0.2) is 22.0 Å². The minimum absolute atomic E-state index is 0.209. The van der Waals surface area contributed by atoms with Crippen LogP contribution in [-0.2, 0) is 0 Å². The van der Waals surface area contributed by atoms with Gasteiger partial charge in [-0.15, -0.1) is 0 Å². The Kier molecular flexibility index (Phi) is 4.58. The first kappa shape index (κ1) is 10.8. The van der Waals surface area contributed by atoms with Crippen molar-refractivity contribution in [2.24, 2.45) is 0 Å². The van der Waals surface area contributed by atoms with Gasteiger partial charge >= 0.3 is 0 Å². The largest absolute Gasteiger partial charge is 0.504 e. The molecule has 0 unspecified atom stereocenters. The summed E-state index contributed by atoms with van der Waals surface area (Å²) in [5.74, 6) is 0.765. The summed E-state index contributed by atoms with van der Waals surface area (Å²) in [6.45, 7) is 0.623. The van der Waals surface area contributed by atoms with Crippen molar-refractivity contribution in [3.8, 4) is 11.5 Å². The van der Waals surface area contributed by atoms with Crippen molar-refractivity contribution in [2.45, 2.75) is 12.5 Å². The van der Waals surface area contributed by atoms with E-state index < -0.39 is 0 Å². The molecule has 0 amide bonds. The normalized spacial score (nSPS) is 10.0. The topological polar surface area (TPSA) is 29.5 Å². The van der Waals surface area contributed by atoms with Gasteiger partial charge in [0.25, 0.3) is 0 Å². The summed E-state index contributed by atoms with van der Waals surface area (Å²) < 4.78 is 6.35. The van der Waals surface area contributed by atoms with Crippen LogP contribution in [0.4, 0.5) is 0 Å². The Bertz CT molecular complexity index is 278.